The van der Waals surface area contributed by atoms with Crippen LogP contribution in [-0.2, 0) is 20.9 Å². The van der Waals surface area contributed by atoms with Crippen molar-refractivity contribution in [2.24, 2.45) is 5.92 Å². The van der Waals surface area contributed by atoms with Gasteiger partial charge in [-0.25, -0.2) is 0 Å². The monoisotopic (exact) mass is 370 g/mol. The molecule has 0 heterocycles. The Morgan fingerprint density at radius 3 is 1.93 bits per heavy atom. The SMILES string of the molecule is O=C1C[C@@H](c2ccccc2)[C@H](c2ccccc2)[C@@H]1C(=O)OCc1ccccc1. The van der Waals surface area contributed by atoms with E-state index in [1.54, 1.807) is 0 Å². The molecule has 3 heteroatoms. The van der Waals surface area contributed by atoms with Gasteiger partial charge in [-0.2, -0.15) is 0 Å². The minimum absolute atomic E-state index is 0.0228. The third-order valence-corrected chi connectivity index (χ3v) is 5.45. The van der Waals surface area contributed by atoms with Crippen LogP contribution in [0.2, 0.25) is 0 Å². The maximum atomic E-state index is 12.9. The smallest absolute Gasteiger partial charge is 0.317 e. The van der Waals surface area contributed by atoms with Crippen molar-refractivity contribution in [1.82, 2.24) is 0 Å². The van der Waals surface area contributed by atoms with Gasteiger partial charge in [0.2, 0.25) is 0 Å². The number of esters is 1. The van der Waals surface area contributed by atoms with E-state index in [4.69, 9.17) is 4.74 Å². The van der Waals surface area contributed by atoms with Crippen LogP contribution in [0.25, 0.3) is 0 Å². The summed E-state index contributed by atoms with van der Waals surface area (Å²) >= 11 is 0. The number of rotatable bonds is 5. The number of Topliss-reactive ketones (excluding diaryl/α,β-unsaturated/α-hetero) is 1. The van der Waals surface area contributed by atoms with Gasteiger partial charge in [0.1, 0.15) is 18.3 Å². The van der Waals surface area contributed by atoms with E-state index in [2.05, 4.69) is 0 Å². The lowest BCUT2D eigenvalue weighted by Gasteiger charge is -2.24. The predicted molar refractivity (Wildman–Crippen MR) is 108 cm³/mol. The van der Waals surface area contributed by atoms with Crippen LogP contribution in [0.15, 0.2) is 91.0 Å². The van der Waals surface area contributed by atoms with Gasteiger partial charge in [0, 0.05) is 12.3 Å². The molecule has 1 aliphatic carbocycles. The number of carbonyl (C=O) groups is 2. The van der Waals surface area contributed by atoms with E-state index in [9.17, 15) is 9.59 Å². The standard InChI is InChI=1S/C25H22O3/c26-22-16-21(19-12-6-2-7-13-19)23(20-14-8-3-9-15-20)24(22)25(27)28-17-18-10-4-1-5-11-18/h1-15,21,23-24H,16-17H2/t21-,23-,24+/m0/s1. The average Bonchev–Trinajstić information content (AvgIpc) is 3.11. The minimum atomic E-state index is -0.767. The summed E-state index contributed by atoms with van der Waals surface area (Å²) in [5.74, 6) is -1.47. The number of hydrogen-bond acceptors (Lipinski definition) is 3. The molecule has 0 radical (unpaired) electrons. The zero-order valence-electron chi connectivity index (χ0n) is 15.5. The number of hydrogen-bond donors (Lipinski definition) is 0. The molecule has 1 fully saturated rings. The summed E-state index contributed by atoms with van der Waals surface area (Å²) < 4.78 is 5.56. The van der Waals surface area contributed by atoms with Crippen molar-refractivity contribution in [3.63, 3.8) is 0 Å². The van der Waals surface area contributed by atoms with Gasteiger partial charge in [0.15, 0.2) is 0 Å². The van der Waals surface area contributed by atoms with E-state index in [-0.39, 0.29) is 24.2 Å². The molecule has 3 aromatic rings. The zero-order valence-corrected chi connectivity index (χ0v) is 15.5. The molecule has 0 aliphatic heterocycles. The Balaban J connectivity index is 1.62. The van der Waals surface area contributed by atoms with E-state index in [1.165, 1.54) is 0 Å². The van der Waals surface area contributed by atoms with Gasteiger partial charge in [-0.3, -0.25) is 9.59 Å². The number of ketones is 1. The van der Waals surface area contributed by atoms with E-state index < -0.39 is 11.9 Å². The van der Waals surface area contributed by atoms with Crippen LogP contribution >= 0.6 is 0 Å². The van der Waals surface area contributed by atoms with Crippen molar-refractivity contribution in [1.29, 1.82) is 0 Å². The second kappa shape index (κ2) is 8.22. The summed E-state index contributed by atoms with van der Waals surface area (Å²) in [6, 6.07) is 29.4. The Hall–Kier alpha value is -3.20. The third-order valence-electron chi connectivity index (χ3n) is 5.45. The van der Waals surface area contributed by atoms with Gasteiger partial charge in [0.25, 0.3) is 0 Å². The van der Waals surface area contributed by atoms with Crippen LogP contribution in [0.4, 0.5) is 0 Å². The van der Waals surface area contributed by atoms with Gasteiger partial charge in [0.05, 0.1) is 0 Å². The average molecular weight is 370 g/mol. The highest BCUT2D eigenvalue weighted by atomic mass is 16.5. The molecule has 0 spiro atoms. The van der Waals surface area contributed by atoms with Crippen LogP contribution in [0, 0.1) is 5.92 Å². The van der Waals surface area contributed by atoms with E-state index in [1.807, 2.05) is 91.0 Å². The maximum absolute atomic E-state index is 12.9. The Morgan fingerprint density at radius 2 is 1.32 bits per heavy atom. The first-order valence-corrected chi connectivity index (χ1v) is 9.57. The van der Waals surface area contributed by atoms with Gasteiger partial charge >= 0.3 is 5.97 Å². The molecule has 3 atom stereocenters. The molecule has 1 saturated carbocycles. The lowest BCUT2D eigenvalue weighted by atomic mass is 9.80. The first-order chi connectivity index (χ1) is 13.7. The molecule has 28 heavy (non-hydrogen) atoms. The molecule has 0 amide bonds. The first-order valence-electron chi connectivity index (χ1n) is 9.57. The van der Waals surface area contributed by atoms with Crippen LogP contribution in [0.5, 0.6) is 0 Å². The Labute approximate surface area is 165 Å². The largest absolute Gasteiger partial charge is 0.460 e. The van der Waals surface area contributed by atoms with E-state index >= 15 is 0 Å². The highest BCUT2D eigenvalue weighted by Crippen LogP contribution is 2.48. The summed E-state index contributed by atoms with van der Waals surface area (Å²) in [7, 11) is 0. The van der Waals surface area contributed by atoms with E-state index in [0.29, 0.717) is 6.42 Å². The van der Waals surface area contributed by atoms with Crippen molar-refractivity contribution in [2.45, 2.75) is 24.9 Å². The lowest BCUT2D eigenvalue weighted by Crippen LogP contribution is -2.27. The van der Waals surface area contributed by atoms with Crippen LogP contribution in [-0.4, -0.2) is 11.8 Å². The number of carbonyl (C=O) groups excluding carboxylic acids is 2. The fraction of sp³-hybridized carbons (Fsp3) is 0.200. The van der Waals surface area contributed by atoms with Crippen molar-refractivity contribution < 1.29 is 14.3 Å². The van der Waals surface area contributed by atoms with Gasteiger partial charge < -0.3 is 4.74 Å². The molecule has 0 N–H and O–H groups in total. The molecule has 3 aromatic carbocycles. The van der Waals surface area contributed by atoms with Crippen LogP contribution in [0.3, 0.4) is 0 Å². The van der Waals surface area contributed by atoms with E-state index in [0.717, 1.165) is 16.7 Å². The summed E-state index contributed by atoms with van der Waals surface area (Å²) in [6.07, 6.45) is 0.356. The number of ether oxygens (including phenoxy) is 1. The summed E-state index contributed by atoms with van der Waals surface area (Å²) in [5, 5.41) is 0. The Kier molecular flexibility index (Phi) is 5.34. The number of benzene rings is 3. The Bertz CT molecular complexity index is 935. The normalized spacial score (nSPS) is 21.4. The summed E-state index contributed by atoms with van der Waals surface area (Å²) in [4.78, 5) is 25.8. The second-order valence-electron chi connectivity index (χ2n) is 7.20. The highest BCUT2D eigenvalue weighted by Gasteiger charge is 2.48. The van der Waals surface area contributed by atoms with Gasteiger partial charge in [-0.1, -0.05) is 91.0 Å². The maximum Gasteiger partial charge on any atom is 0.317 e. The van der Waals surface area contributed by atoms with Crippen LogP contribution in [0.1, 0.15) is 34.9 Å². The first kappa shape index (κ1) is 18.2. The molecule has 0 unspecified atom stereocenters. The fourth-order valence-electron chi connectivity index (χ4n) is 4.13. The molecule has 0 aromatic heterocycles. The quantitative estimate of drug-likeness (QED) is 0.475. The highest BCUT2D eigenvalue weighted by molar-refractivity contribution is 6.02. The zero-order chi connectivity index (χ0) is 19.3. The fourth-order valence-corrected chi connectivity index (χ4v) is 4.13. The molecular formula is C25H22O3. The van der Waals surface area contributed by atoms with Crippen molar-refractivity contribution in [3.8, 4) is 0 Å². The molecule has 140 valence electrons. The Morgan fingerprint density at radius 1 is 0.786 bits per heavy atom. The molecular weight excluding hydrogens is 348 g/mol. The van der Waals surface area contributed by atoms with Crippen molar-refractivity contribution in [3.05, 3.63) is 108 Å². The molecule has 1 aliphatic rings. The molecule has 4 rings (SSSR count). The van der Waals surface area contributed by atoms with Gasteiger partial charge in [-0.05, 0) is 22.6 Å². The molecule has 0 bridgehead atoms. The van der Waals surface area contributed by atoms with Crippen molar-refractivity contribution >= 4 is 11.8 Å². The third kappa shape index (κ3) is 3.74. The van der Waals surface area contributed by atoms with Gasteiger partial charge in [-0.15, -0.1) is 0 Å². The molecule has 3 nitrogen and oxygen atoms in total. The van der Waals surface area contributed by atoms with Crippen LogP contribution < -0.4 is 0 Å². The predicted octanol–water partition coefficient (Wildman–Crippen LogP) is 4.89. The lowest BCUT2D eigenvalue weighted by molar-refractivity contribution is -0.152. The minimum Gasteiger partial charge on any atom is -0.460 e. The van der Waals surface area contributed by atoms with Crippen molar-refractivity contribution in [2.75, 3.05) is 0 Å². The summed E-state index contributed by atoms with van der Waals surface area (Å²) in [6.45, 7) is 0.182. The second-order valence-corrected chi connectivity index (χ2v) is 7.20. The summed E-state index contributed by atoms with van der Waals surface area (Å²) in [5.41, 5.74) is 3.00. The molecule has 0 saturated heterocycles. The topological polar surface area (TPSA) is 43.4 Å².